The van der Waals surface area contributed by atoms with Crippen LogP contribution in [0.2, 0.25) is 0 Å². The normalized spacial score (nSPS) is 11.8. The van der Waals surface area contributed by atoms with Crippen LogP contribution in [0.4, 0.5) is 0 Å². The summed E-state index contributed by atoms with van der Waals surface area (Å²) in [6, 6.07) is 0. The summed E-state index contributed by atoms with van der Waals surface area (Å²) in [4.78, 5) is 0. The molecular weight excluding hydrogens is 164 g/mol. The van der Waals surface area contributed by atoms with Gasteiger partial charge >= 0.3 is 0 Å². The van der Waals surface area contributed by atoms with Crippen molar-refractivity contribution in [1.82, 2.24) is 0 Å². The van der Waals surface area contributed by atoms with Crippen molar-refractivity contribution < 1.29 is 10.2 Å². The fourth-order valence-corrected chi connectivity index (χ4v) is 0.905. The molecule has 2 nitrogen and oxygen atoms in total. The minimum absolute atomic E-state index is 0.207. The molecule has 2 heteroatoms. The molecule has 0 aliphatic rings. The van der Waals surface area contributed by atoms with Gasteiger partial charge in [0.1, 0.15) is 0 Å². The van der Waals surface area contributed by atoms with Crippen LogP contribution in [0.5, 0.6) is 0 Å². The first-order valence-corrected chi connectivity index (χ1v) is 5.47. The number of hydrogen-bond donors (Lipinski definition) is 2. The van der Waals surface area contributed by atoms with E-state index in [0.29, 0.717) is 0 Å². The monoisotopic (exact) mass is 190 g/mol. The van der Waals surface area contributed by atoms with Crippen molar-refractivity contribution in [3.63, 3.8) is 0 Å². The smallest absolute Gasteiger partial charge is 0.0512 e. The van der Waals surface area contributed by atoms with E-state index in [1.54, 1.807) is 6.92 Å². The highest BCUT2D eigenvalue weighted by atomic mass is 16.3. The molecule has 2 N–H and O–H groups in total. The molecule has 0 rings (SSSR count). The van der Waals surface area contributed by atoms with Gasteiger partial charge in [-0.15, -0.1) is 0 Å². The first kappa shape index (κ1) is 15.4. The first-order valence-electron chi connectivity index (χ1n) is 5.47. The quantitative estimate of drug-likeness (QED) is 0.632. The molecule has 0 saturated heterocycles. The van der Waals surface area contributed by atoms with Gasteiger partial charge in [-0.05, 0) is 26.2 Å². The summed E-state index contributed by atoms with van der Waals surface area (Å²) < 4.78 is 0. The van der Waals surface area contributed by atoms with E-state index in [9.17, 15) is 0 Å². The lowest BCUT2D eigenvalue weighted by atomic mass is 10.2. The minimum atomic E-state index is -0.207. The van der Waals surface area contributed by atoms with Crippen molar-refractivity contribution in [3.05, 3.63) is 0 Å². The van der Waals surface area contributed by atoms with Crippen molar-refractivity contribution in [3.8, 4) is 0 Å². The van der Waals surface area contributed by atoms with Crippen LogP contribution in [0.1, 0.15) is 59.3 Å². The van der Waals surface area contributed by atoms with Gasteiger partial charge in [-0.1, -0.05) is 33.1 Å². The van der Waals surface area contributed by atoms with Gasteiger partial charge in [0.15, 0.2) is 0 Å². The van der Waals surface area contributed by atoms with Crippen LogP contribution in [0.25, 0.3) is 0 Å². The van der Waals surface area contributed by atoms with Gasteiger partial charge in [-0.25, -0.2) is 0 Å². The van der Waals surface area contributed by atoms with Gasteiger partial charge in [-0.2, -0.15) is 0 Å². The summed E-state index contributed by atoms with van der Waals surface area (Å²) in [5, 5.41) is 17.0. The van der Waals surface area contributed by atoms with Crippen molar-refractivity contribution in [2.75, 3.05) is 6.61 Å². The van der Waals surface area contributed by atoms with Crippen LogP contribution in [0.15, 0.2) is 0 Å². The zero-order chi connectivity index (χ0) is 10.5. The fourth-order valence-electron chi connectivity index (χ4n) is 0.905. The summed E-state index contributed by atoms with van der Waals surface area (Å²) in [5.41, 5.74) is 0. The van der Waals surface area contributed by atoms with Gasteiger partial charge in [0.2, 0.25) is 0 Å². The molecule has 13 heavy (non-hydrogen) atoms. The van der Waals surface area contributed by atoms with Gasteiger partial charge < -0.3 is 10.2 Å². The van der Waals surface area contributed by atoms with Crippen molar-refractivity contribution in [1.29, 1.82) is 0 Å². The molecule has 0 bridgehead atoms. The molecule has 0 aliphatic carbocycles. The maximum Gasteiger partial charge on any atom is 0.0512 e. The van der Waals surface area contributed by atoms with Gasteiger partial charge in [0.05, 0.1) is 6.10 Å². The molecule has 82 valence electrons. The van der Waals surface area contributed by atoms with E-state index < -0.39 is 0 Å². The molecule has 0 spiro atoms. The maximum atomic E-state index is 8.70. The van der Waals surface area contributed by atoms with Crippen molar-refractivity contribution in [2.45, 2.75) is 65.4 Å². The Balaban J connectivity index is 0. The number of rotatable bonds is 6. The molecule has 0 radical (unpaired) electrons. The van der Waals surface area contributed by atoms with Crippen molar-refractivity contribution >= 4 is 0 Å². The highest BCUT2D eigenvalue weighted by molar-refractivity contribution is 4.45. The Labute approximate surface area is 83.0 Å². The van der Waals surface area contributed by atoms with Crippen LogP contribution in [-0.4, -0.2) is 22.9 Å². The average Bonchev–Trinajstić information content (AvgIpc) is 2.07. The summed E-state index contributed by atoms with van der Waals surface area (Å²) in [6.07, 6.45) is 6.41. The third kappa shape index (κ3) is 24.5. The second-order valence-electron chi connectivity index (χ2n) is 3.42. The van der Waals surface area contributed by atoms with Crippen LogP contribution >= 0.6 is 0 Å². The number of hydrogen-bond acceptors (Lipinski definition) is 2. The summed E-state index contributed by atoms with van der Waals surface area (Å²) in [6.45, 7) is 6.43. The number of aliphatic hydroxyl groups is 2. The molecule has 0 saturated carbocycles. The number of unbranched alkanes of at least 4 members (excludes halogenated alkanes) is 3. The van der Waals surface area contributed by atoms with Crippen LogP contribution in [0, 0.1) is 0 Å². The van der Waals surface area contributed by atoms with Crippen LogP contribution in [-0.2, 0) is 0 Å². The van der Waals surface area contributed by atoms with Crippen LogP contribution in [0.3, 0.4) is 0 Å². The molecule has 0 fully saturated rings. The summed E-state index contributed by atoms with van der Waals surface area (Å²) in [5.74, 6) is 0. The zero-order valence-corrected chi connectivity index (χ0v) is 9.42. The molecule has 0 aromatic heterocycles. The van der Waals surface area contributed by atoms with Gasteiger partial charge in [-0.3, -0.25) is 0 Å². The molecule has 0 heterocycles. The van der Waals surface area contributed by atoms with E-state index >= 15 is 0 Å². The van der Waals surface area contributed by atoms with E-state index in [2.05, 4.69) is 13.8 Å². The Morgan fingerprint density at radius 2 is 1.54 bits per heavy atom. The summed E-state index contributed by atoms with van der Waals surface area (Å²) in [7, 11) is 0. The van der Waals surface area contributed by atoms with Gasteiger partial charge in [0.25, 0.3) is 0 Å². The molecule has 0 amide bonds. The molecule has 0 aliphatic heterocycles. The van der Waals surface area contributed by atoms with Crippen LogP contribution < -0.4 is 0 Å². The second kappa shape index (κ2) is 14.4. The first-order chi connectivity index (χ1) is 6.18. The second-order valence-corrected chi connectivity index (χ2v) is 3.42. The van der Waals surface area contributed by atoms with Crippen molar-refractivity contribution in [2.24, 2.45) is 0 Å². The Morgan fingerprint density at radius 3 is 1.77 bits per heavy atom. The summed E-state index contributed by atoms with van der Waals surface area (Å²) >= 11 is 0. The standard InChI is InChI=1S/C6H14O2.C5H12/c1-6(8)4-2-3-5-7;1-3-5-4-2/h6-8H,2-5H2,1H3;3-5H2,1-2H3. The highest BCUT2D eigenvalue weighted by Gasteiger charge is 1.92. The zero-order valence-electron chi connectivity index (χ0n) is 9.42. The predicted octanol–water partition coefficient (Wildman–Crippen LogP) is 2.73. The topological polar surface area (TPSA) is 40.5 Å². The fraction of sp³-hybridized carbons (Fsp3) is 1.00. The van der Waals surface area contributed by atoms with E-state index in [0.717, 1.165) is 19.3 Å². The lowest BCUT2D eigenvalue weighted by Crippen LogP contribution is -1.98. The maximum absolute atomic E-state index is 8.70. The third-order valence-electron chi connectivity index (χ3n) is 1.74. The Morgan fingerprint density at radius 1 is 1.00 bits per heavy atom. The largest absolute Gasteiger partial charge is 0.396 e. The Kier molecular flexibility index (Phi) is 17.1. The highest BCUT2D eigenvalue weighted by Crippen LogP contribution is 1.97. The van der Waals surface area contributed by atoms with Gasteiger partial charge in [0, 0.05) is 6.61 Å². The predicted molar refractivity (Wildman–Crippen MR) is 57.8 cm³/mol. The molecule has 1 atom stereocenters. The van der Waals surface area contributed by atoms with E-state index in [1.807, 2.05) is 0 Å². The number of aliphatic hydroxyl groups excluding tert-OH is 2. The SMILES string of the molecule is CC(O)CCCCO.CCCCC. The third-order valence-corrected chi connectivity index (χ3v) is 1.74. The lowest BCUT2D eigenvalue weighted by Gasteiger charge is -1.99. The molecule has 0 aromatic carbocycles. The molecule has 0 aromatic rings. The average molecular weight is 190 g/mol. The Bertz CT molecular complexity index is 70.5. The lowest BCUT2D eigenvalue weighted by molar-refractivity contribution is 0.175. The molecular formula is C11H26O2. The molecule has 1 unspecified atom stereocenters. The van der Waals surface area contributed by atoms with E-state index in [-0.39, 0.29) is 12.7 Å². The van der Waals surface area contributed by atoms with E-state index in [4.69, 9.17) is 10.2 Å². The Hall–Kier alpha value is -0.0800. The minimum Gasteiger partial charge on any atom is -0.396 e. The van der Waals surface area contributed by atoms with E-state index in [1.165, 1.54) is 19.3 Å².